The number of fused-ring (bicyclic) bond motifs is 1. The zero-order chi connectivity index (χ0) is 24.8. The lowest BCUT2D eigenvalue weighted by Gasteiger charge is -2.20. The van der Waals surface area contributed by atoms with E-state index in [1.807, 2.05) is 6.07 Å². The highest BCUT2D eigenvalue weighted by molar-refractivity contribution is 6.21. The van der Waals surface area contributed by atoms with Gasteiger partial charge in [-0.05, 0) is 17.7 Å². The molecule has 0 spiro atoms. The fourth-order valence-corrected chi connectivity index (χ4v) is 3.70. The van der Waals surface area contributed by atoms with Crippen molar-refractivity contribution in [3.05, 3.63) is 101 Å². The van der Waals surface area contributed by atoms with E-state index >= 15 is 0 Å². The lowest BCUT2D eigenvalue weighted by Crippen LogP contribution is -2.42. The fourth-order valence-electron chi connectivity index (χ4n) is 3.70. The molecular weight excluding hydrogens is 453 g/mol. The van der Waals surface area contributed by atoms with Crippen LogP contribution in [0.4, 0.5) is 14.9 Å². The molecule has 1 aliphatic rings. The van der Waals surface area contributed by atoms with Crippen molar-refractivity contribution >= 4 is 29.4 Å². The number of benzene rings is 3. The molecule has 0 aromatic heterocycles. The summed E-state index contributed by atoms with van der Waals surface area (Å²) in [6.07, 6.45) is -2.33. The quantitative estimate of drug-likeness (QED) is 0.528. The molecule has 0 bridgehead atoms. The molecule has 2 N–H and O–H groups in total. The fraction of sp³-hybridized carbons (Fsp3) is 0.154. The van der Waals surface area contributed by atoms with Gasteiger partial charge in [-0.25, -0.2) is 9.18 Å². The van der Waals surface area contributed by atoms with Crippen LogP contribution in [0.2, 0.25) is 0 Å². The van der Waals surface area contributed by atoms with E-state index in [0.29, 0.717) is 11.3 Å². The van der Waals surface area contributed by atoms with Crippen LogP contribution < -0.4 is 10.6 Å². The Morgan fingerprint density at radius 2 is 1.71 bits per heavy atom. The highest BCUT2D eigenvalue weighted by atomic mass is 19.1. The Morgan fingerprint density at radius 3 is 2.46 bits per heavy atom. The molecule has 2 amide bonds. The SMILES string of the molecule is COC(=O)C(C1=N[C@H](NC(=O)OCc2ccccc2)C(=O)Nc2ccccc21)c1ccccc1F. The number of aliphatic imine (C=N–C) groups is 1. The summed E-state index contributed by atoms with van der Waals surface area (Å²) >= 11 is 0. The first kappa shape index (κ1) is 23.6. The second-order valence-corrected chi connectivity index (χ2v) is 7.64. The Bertz CT molecular complexity index is 1280. The number of rotatable bonds is 6. The molecule has 178 valence electrons. The molecule has 9 heteroatoms. The van der Waals surface area contributed by atoms with Crippen LogP contribution in [0.15, 0.2) is 83.9 Å². The molecule has 0 radical (unpaired) electrons. The zero-order valence-corrected chi connectivity index (χ0v) is 18.7. The van der Waals surface area contributed by atoms with Gasteiger partial charge in [0.15, 0.2) is 0 Å². The van der Waals surface area contributed by atoms with Crippen LogP contribution in [0.1, 0.15) is 22.6 Å². The Kier molecular flexibility index (Phi) is 7.15. The van der Waals surface area contributed by atoms with Crippen LogP contribution in [0.25, 0.3) is 0 Å². The van der Waals surface area contributed by atoms with Gasteiger partial charge in [-0.3, -0.25) is 19.9 Å². The monoisotopic (exact) mass is 475 g/mol. The average Bonchev–Trinajstić information content (AvgIpc) is 3.01. The first-order valence-corrected chi connectivity index (χ1v) is 10.8. The van der Waals surface area contributed by atoms with E-state index in [-0.39, 0.29) is 17.9 Å². The molecule has 0 aliphatic carbocycles. The molecule has 2 atom stereocenters. The summed E-state index contributed by atoms with van der Waals surface area (Å²) in [5.41, 5.74) is 1.58. The summed E-state index contributed by atoms with van der Waals surface area (Å²) in [7, 11) is 1.18. The number of hydrogen-bond acceptors (Lipinski definition) is 6. The molecule has 0 saturated carbocycles. The van der Waals surface area contributed by atoms with Crippen molar-refractivity contribution in [2.24, 2.45) is 4.99 Å². The molecule has 1 unspecified atom stereocenters. The van der Waals surface area contributed by atoms with E-state index in [4.69, 9.17) is 9.47 Å². The van der Waals surface area contributed by atoms with E-state index in [1.165, 1.54) is 25.3 Å². The van der Waals surface area contributed by atoms with Crippen LogP contribution >= 0.6 is 0 Å². The number of halogens is 1. The van der Waals surface area contributed by atoms with Crippen molar-refractivity contribution in [2.75, 3.05) is 12.4 Å². The summed E-state index contributed by atoms with van der Waals surface area (Å²) < 4.78 is 25.0. The predicted molar refractivity (Wildman–Crippen MR) is 126 cm³/mol. The molecule has 35 heavy (non-hydrogen) atoms. The molecule has 0 fully saturated rings. The van der Waals surface area contributed by atoms with Gasteiger partial charge < -0.3 is 14.8 Å². The Morgan fingerprint density at radius 1 is 1.03 bits per heavy atom. The third-order valence-corrected chi connectivity index (χ3v) is 5.37. The maximum atomic E-state index is 14.8. The number of amides is 2. The summed E-state index contributed by atoms with van der Waals surface area (Å²) in [4.78, 5) is 42.7. The minimum atomic E-state index is -1.44. The molecule has 3 aromatic carbocycles. The number of benzodiazepines with no additional fused rings is 1. The summed E-state index contributed by atoms with van der Waals surface area (Å²) in [6.45, 7) is -0.0161. The Hall–Kier alpha value is -4.53. The third-order valence-electron chi connectivity index (χ3n) is 5.37. The lowest BCUT2D eigenvalue weighted by molar-refractivity contribution is -0.140. The van der Waals surface area contributed by atoms with Crippen molar-refractivity contribution in [2.45, 2.75) is 18.7 Å². The zero-order valence-electron chi connectivity index (χ0n) is 18.7. The van der Waals surface area contributed by atoms with E-state index in [1.54, 1.807) is 54.6 Å². The number of anilines is 1. The van der Waals surface area contributed by atoms with Gasteiger partial charge in [0.05, 0.1) is 12.8 Å². The topological polar surface area (TPSA) is 106 Å². The largest absolute Gasteiger partial charge is 0.468 e. The number of carbonyl (C=O) groups is 3. The maximum Gasteiger partial charge on any atom is 0.409 e. The second-order valence-electron chi connectivity index (χ2n) is 7.64. The second kappa shape index (κ2) is 10.6. The van der Waals surface area contributed by atoms with Crippen molar-refractivity contribution in [3.8, 4) is 0 Å². The third kappa shape index (κ3) is 5.35. The predicted octanol–water partition coefficient (Wildman–Crippen LogP) is 3.78. The molecule has 0 saturated heterocycles. The van der Waals surface area contributed by atoms with Crippen molar-refractivity contribution in [3.63, 3.8) is 0 Å². The molecule has 8 nitrogen and oxygen atoms in total. The highest BCUT2D eigenvalue weighted by Gasteiger charge is 2.36. The van der Waals surface area contributed by atoms with Crippen molar-refractivity contribution < 1.29 is 28.2 Å². The van der Waals surface area contributed by atoms with Crippen LogP contribution in [0.3, 0.4) is 0 Å². The number of nitrogens with zero attached hydrogens (tertiary/aromatic N) is 1. The van der Waals surface area contributed by atoms with E-state index < -0.39 is 35.9 Å². The van der Waals surface area contributed by atoms with Gasteiger partial charge >= 0.3 is 12.1 Å². The van der Waals surface area contributed by atoms with E-state index in [2.05, 4.69) is 15.6 Å². The lowest BCUT2D eigenvalue weighted by atomic mass is 9.88. The molecule has 1 heterocycles. The van der Waals surface area contributed by atoms with Gasteiger partial charge in [-0.15, -0.1) is 0 Å². The minimum absolute atomic E-state index is 0.0161. The minimum Gasteiger partial charge on any atom is -0.468 e. The van der Waals surface area contributed by atoms with Gasteiger partial charge in [0, 0.05) is 16.8 Å². The summed E-state index contributed by atoms with van der Waals surface area (Å²) in [6, 6.07) is 21.4. The maximum absolute atomic E-state index is 14.8. The smallest absolute Gasteiger partial charge is 0.409 e. The first-order chi connectivity index (χ1) is 17.0. The number of ether oxygens (including phenoxy) is 2. The number of alkyl carbamates (subject to hydrolysis) is 1. The standard InChI is InChI=1S/C26H22FN3O5/c1-34-25(32)21(17-11-5-7-13-19(17)27)22-18-12-6-8-14-20(18)28-24(31)23(29-22)30-26(33)35-15-16-9-3-2-4-10-16/h2-14,21,23H,15H2,1H3,(H,28,31)(H,30,33)/t21?,23-/m1/s1. The summed E-state index contributed by atoms with van der Waals surface area (Å²) in [5.74, 6) is -3.36. The van der Waals surface area contributed by atoms with Crippen LogP contribution in [-0.4, -0.2) is 37.0 Å². The van der Waals surface area contributed by atoms with Gasteiger partial charge in [0.1, 0.15) is 18.3 Å². The number of hydrogen-bond donors (Lipinski definition) is 2. The Balaban J connectivity index is 1.71. The molecule has 3 aromatic rings. The Labute approximate surface area is 200 Å². The van der Waals surface area contributed by atoms with Gasteiger partial charge in [-0.1, -0.05) is 66.7 Å². The number of methoxy groups -OCH3 is 1. The number of nitrogens with one attached hydrogen (secondary N) is 2. The van der Waals surface area contributed by atoms with E-state index in [9.17, 15) is 18.8 Å². The van der Waals surface area contributed by atoms with Crippen molar-refractivity contribution in [1.82, 2.24) is 5.32 Å². The van der Waals surface area contributed by atoms with Gasteiger partial charge in [0.2, 0.25) is 6.17 Å². The number of para-hydroxylation sites is 1. The van der Waals surface area contributed by atoms with Gasteiger partial charge in [0.25, 0.3) is 5.91 Å². The van der Waals surface area contributed by atoms with Crippen LogP contribution in [0, 0.1) is 5.82 Å². The van der Waals surface area contributed by atoms with Crippen LogP contribution in [-0.2, 0) is 25.7 Å². The highest BCUT2D eigenvalue weighted by Crippen LogP contribution is 2.31. The molecule has 1 aliphatic heterocycles. The van der Waals surface area contributed by atoms with Crippen LogP contribution in [0.5, 0.6) is 0 Å². The number of carbonyl (C=O) groups excluding carboxylic acids is 3. The van der Waals surface area contributed by atoms with Crippen molar-refractivity contribution in [1.29, 1.82) is 0 Å². The molecular formula is C26H22FN3O5. The first-order valence-electron chi connectivity index (χ1n) is 10.8. The van der Waals surface area contributed by atoms with Gasteiger partial charge in [-0.2, -0.15) is 0 Å². The van der Waals surface area contributed by atoms with E-state index in [0.717, 1.165) is 5.56 Å². The average molecular weight is 475 g/mol. The molecule has 4 rings (SSSR count). The normalized spacial score (nSPS) is 15.5. The summed E-state index contributed by atoms with van der Waals surface area (Å²) in [5, 5.41) is 5.10. The number of esters is 1.